The van der Waals surface area contributed by atoms with Crippen LogP contribution in [0.15, 0.2) is 23.1 Å². The quantitative estimate of drug-likeness (QED) is 0.622. The average Bonchev–Trinajstić information content (AvgIpc) is 3.26. The number of hydrogen-bond acceptors (Lipinski definition) is 8. The fourth-order valence-corrected chi connectivity index (χ4v) is 6.26. The molecule has 1 atom stereocenters. The lowest BCUT2D eigenvalue weighted by molar-refractivity contribution is -0.126. The van der Waals surface area contributed by atoms with Gasteiger partial charge in [0.1, 0.15) is 15.9 Å². The van der Waals surface area contributed by atoms with Crippen molar-refractivity contribution in [1.82, 2.24) is 23.3 Å². The maximum Gasteiger partial charge on any atom is 0.245 e. The van der Waals surface area contributed by atoms with E-state index in [1.807, 2.05) is 0 Å². The molecular formula is C19H27N5O4S2. The first-order valence-electron chi connectivity index (χ1n) is 10.3. The van der Waals surface area contributed by atoms with Crippen LogP contribution in [0.3, 0.4) is 0 Å². The summed E-state index contributed by atoms with van der Waals surface area (Å²) >= 11 is 0.999. The Morgan fingerprint density at radius 2 is 2.07 bits per heavy atom. The highest BCUT2D eigenvalue weighted by molar-refractivity contribution is 7.89. The Morgan fingerprint density at radius 1 is 1.23 bits per heavy atom. The van der Waals surface area contributed by atoms with Gasteiger partial charge >= 0.3 is 0 Å². The molecule has 0 saturated carbocycles. The van der Waals surface area contributed by atoms with E-state index in [2.05, 4.69) is 19.0 Å². The minimum atomic E-state index is -3.73. The Bertz CT molecular complexity index is 974. The van der Waals surface area contributed by atoms with Gasteiger partial charge in [-0.3, -0.25) is 9.69 Å². The summed E-state index contributed by atoms with van der Waals surface area (Å²) in [4.78, 5) is 15.1. The molecule has 2 fully saturated rings. The van der Waals surface area contributed by atoms with Gasteiger partial charge in [-0.05, 0) is 37.9 Å². The van der Waals surface area contributed by atoms with Crippen molar-refractivity contribution in [1.29, 1.82) is 0 Å². The van der Waals surface area contributed by atoms with Crippen LogP contribution in [0.5, 0.6) is 0 Å². The van der Waals surface area contributed by atoms with Crippen LogP contribution in [-0.4, -0.2) is 84.8 Å². The van der Waals surface area contributed by atoms with Gasteiger partial charge in [-0.25, -0.2) is 8.42 Å². The van der Waals surface area contributed by atoms with Gasteiger partial charge in [0.2, 0.25) is 15.9 Å². The molecule has 1 aromatic heterocycles. The Kier molecular flexibility index (Phi) is 6.94. The molecule has 0 spiro atoms. The van der Waals surface area contributed by atoms with E-state index in [4.69, 9.17) is 4.74 Å². The topological polar surface area (TPSA) is 105 Å². The van der Waals surface area contributed by atoms with E-state index in [0.29, 0.717) is 37.0 Å². The zero-order valence-electron chi connectivity index (χ0n) is 16.8. The van der Waals surface area contributed by atoms with Crippen LogP contribution < -0.4 is 5.32 Å². The van der Waals surface area contributed by atoms with Crippen molar-refractivity contribution in [3.63, 3.8) is 0 Å². The van der Waals surface area contributed by atoms with Crippen molar-refractivity contribution in [2.45, 2.75) is 24.2 Å². The minimum absolute atomic E-state index is 0.0644. The van der Waals surface area contributed by atoms with E-state index >= 15 is 0 Å². The van der Waals surface area contributed by atoms with Crippen molar-refractivity contribution in [2.75, 3.05) is 52.5 Å². The second-order valence-corrected chi connectivity index (χ2v) is 10.1. The number of amides is 1. The monoisotopic (exact) mass is 453 g/mol. The third kappa shape index (κ3) is 4.80. The van der Waals surface area contributed by atoms with Gasteiger partial charge in [0.15, 0.2) is 0 Å². The first kappa shape index (κ1) is 21.6. The predicted octanol–water partition coefficient (Wildman–Crippen LogP) is 0.931. The standard InChI is InChI=1S/C19H27N5O4S2/c25-19(20-7-3-8-23-10-12-28-13-11-23)15-4-2-9-24(14-15)30(26,27)17-6-1-5-16-18(17)22-29-21-16/h1,5-6,15H,2-4,7-14H2,(H,20,25)/t15-/m0/s1. The maximum absolute atomic E-state index is 13.2. The summed E-state index contributed by atoms with van der Waals surface area (Å²) < 4.78 is 41.5. The number of sulfonamides is 1. The number of piperidine rings is 1. The predicted molar refractivity (Wildman–Crippen MR) is 114 cm³/mol. The zero-order valence-corrected chi connectivity index (χ0v) is 18.5. The van der Waals surface area contributed by atoms with Gasteiger partial charge in [-0.1, -0.05) is 6.07 Å². The van der Waals surface area contributed by atoms with Crippen molar-refractivity contribution in [3.8, 4) is 0 Å². The number of carbonyl (C=O) groups is 1. The number of morpholine rings is 1. The van der Waals surface area contributed by atoms with Gasteiger partial charge in [-0.2, -0.15) is 13.1 Å². The molecule has 2 aliphatic rings. The molecule has 2 aliphatic heterocycles. The highest BCUT2D eigenvalue weighted by Crippen LogP contribution is 2.28. The molecule has 1 amide bonds. The lowest BCUT2D eigenvalue weighted by Gasteiger charge is -2.31. The second kappa shape index (κ2) is 9.65. The summed E-state index contributed by atoms with van der Waals surface area (Å²) in [5.41, 5.74) is 0.977. The van der Waals surface area contributed by atoms with Crippen LogP contribution in [0, 0.1) is 5.92 Å². The minimum Gasteiger partial charge on any atom is -0.379 e. The molecule has 1 aromatic carbocycles. The first-order chi connectivity index (χ1) is 14.6. The zero-order chi connectivity index (χ0) is 21.0. The molecule has 0 radical (unpaired) electrons. The molecule has 30 heavy (non-hydrogen) atoms. The lowest BCUT2D eigenvalue weighted by atomic mass is 9.99. The Labute approximate surface area is 180 Å². The highest BCUT2D eigenvalue weighted by atomic mass is 32.2. The van der Waals surface area contributed by atoms with Crippen LogP contribution in [0.25, 0.3) is 11.0 Å². The van der Waals surface area contributed by atoms with Gasteiger partial charge in [0.05, 0.1) is 30.9 Å². The van der Waals surface area contributed by atoms with Crippen molar-refractivity contribution in [2.24, 2.45) is 5.92 Å². The first-order valence-corrected chi connectivity index (χ1v) is 12.5. The van der Waals surface area contributed by atoms with Crippen LogP contribution in [0.1, 0.15) is 19.3 Å². The van der Waals surface area contributed by atoms with Crippen molar-refractivity contribution in [3.05, 3.63) is 18.2 Å². The summed E-state index contributed by atoms with van der Waals surface area (Å²) in [6.07, 6.45) is 2.24. The second-order valence-electron chi connectivity index (χ2n) is 7.69. The molecule has 0 aliphatic carbocycles. The van der Waals surface area contributed by atoms with Gasteiger partial charge in [0.25, 0.3) is 0 Å². The molecule has 164 valence electrons. The van der Waals surface area contributed by atoms with Crippen LogP contribution in [-0.2, 0) is 19.6 Å². The Morgan fingerprint density at radius 3 is 2.90 bits per heavy atom. The third-order valence-electron chi connectivity index (χ3n) is 5.68. The number of aromatic nitrogens is 2. The summed E-state index contributed by atoms with van der Waals surface area (Å²) in [5, 5.41) is 2.99. The van der Waals surface area contributed by atoms with E-state index in [0.717, 1.165) is 51.0 Å². The van der Waals surface area contributed by atoms with E-state index in [-0.39, 0.29) is 23.3 Å². The maximum atomic E-state index is 13.2. The van der Waals surface area contributed by atoms with E-state index in [9.17, 15) is 13.2 Å². The van der Waals surface area contributed by atoms with Crippen LogP contribution in [0.2, 0.25) is 0 Å². The fourth-order valence-electron chi connectivity index (χ4n) is 3.99. The van der Waals surface area contributed by atoms with Crippen molar-refractivity contribution < 1.29 is 17.9 Å². The number of nitrogens with zero attached hydrogens (tertiary/aromatic N) is 4. The average molecular weight is 454 g/mol. The molecule has 4 rings (SSSR count). The SMILES string of the molecule is O=C(NCCCN1CCOCC1)[C@H]1CCCN(S(=O)(=O)c2cccc3nsnc23)C1. The molecule has 0 bridgehead atoms. The third-order valence-corrected chi connectivity index (χ3v) is 8.12. The normalized spacial score (nSPS) is 21.7. The molecule has 11 heteroatoms. The number of benzene rings is 1. The Hall–Kier alpha value is -1.66. The Balaban J connectivity index is 1.33. The van der Waals surface area contributed by atoms with Crippen LogP contribution >= 0.6 is 11.7 Å². The summed E-state index contributed by atoms with van der Waals surface area (Å²) in [6, 6.07) is 4.99. The number of rotatable bonds is 7. The van der Waals surface area contributed by atoms with E-state index in [1.165, 1.54) is 4.31 Å². The molecule has 3 heterocycles. The molecule has 2 saturated heterocycles. The largest absolute Gasteiger partial charge is 0.379 e. The molecule has 1 N–H and O–H groups in total. The number of nitrogens with one attached hydrogen (secondary N) is 1. The van der Waals surface area contributed by atoms with Crippen LogP contribution in [0.4, 0.5) is 0 Å². The van der Waals surface area contributed by atoms with Gasteiger partial charge in [-0.15, -0.1) is 0 Å². The lowest BCUT2D eigenvalue weighted by Crippen LogP contribution is -2.46. The molecule has 9 nitrogen and oxygen atoms in total. The van der Waals surface area contributed by atoms with Gasteiger partial charge in [0, 0.05) is 32.7 Å². The summed E-state index contributed by atoms with van der Waals surface area (Å²) in [5.74, 6) is -0.393. The van der Waals surface area contributed by atoms with Gasteiger partial charge < -0.3 is 10.1 Å². The molecule has 0 unspecified atom stereocenters. The number of fused-ring (bicyclic) bond motifs is 1. The van der Waals surface area contributed by atoms with E-state index < -0.39 is 10.0 Å². The smallest absolute Gasteiger partial charge is 0.245 e. The summed E-state index contributed by atoms with van der Waals surface area (Å²) in [6.45, 7) is 5.55. The van der Waals surface area contributed by atoms with E-state index in [1.54, 1.807) is 18.2 Å². The number of ether oxygens (including phenoxy) is 1. The number of carbonyl (C=O) groups excluding carboxylic acids is 1. The highest BCUT2D eigenvalue weighted by Gasteiger charge is 2.34. The molecule has 2 aromatic rings. The fraction of sp³-hybridized carbons (Fsp3) is 0.632. The van der Waals surface area contributed by atoms with Crippen molar-refractivity contribution >= 4 is 38.7 Å². The number of hydrogen-bond donors (Lipinski definition) is 1. The summed E-state index contributed by atoms with van der Waals surface area (Å²) in [7, 11) is -3.73. The molecular weight excluding hydrogens is 426 g/mol.